The fraction of sp³-hybridized carbons (Fsp3) is 0.615. The first-order valence-corrected chi connectivity index (χ1v) is 6.15. The topological polar surface area (TPSA) is 45.5 Å². The number of rotatable bonds is 2. The Hall–Kier alpha value is -1.29. The number of piperidine rings is 1. The summed E-state index contributed by atoms with van der Waals surface area (Å²) in [5, 5.41) is 3.24. The summed E-state index contributed by atoms with van der Waals surface area (Å²) in [7, 11) is 1.95. The van der Waals surface area contributed by atoms with E-state index in [1.807, 2.05) is 31.9 Å². The lowest BCUT2D eigenvalue weighted by Gasteiger charge is -2.32. The molecule has 1 aromatic rings. The fourth-order valence-electron chi connectivity index (χ4n) is 2.41. The number of carbonyl (C=O) groups excluding carboxylic acids is 1. The molecule has 1 aromatic heterocycles. The van der Waals surface area contributed by atoms with Crippen LogP contribution in [0.4, 0.5) is 0 Å². The Bertz CT molecular complexity index is 412. The molecule has 17 heavy (non-hydrogen) atoms. The number of nitrogens with one attached hydrogen (secondary N) is 1. The molecule has 0 aliphatic carbocycles. The Morgan fingerprint density at radius 3 is 2.88 bits per heavy atom. The van der Waals surface area contributed by atoms with Crippen molar-refractivity contribution in [2.75, 3.05) is 20.1 Å². The molecule has 1 fully saturated rings. The molecule has 2 heterocycles. The van der Waals surface area contributed by atoms with Gasteiger partial charge in [0.1, 0.15) is 11.5 Å². The lowest BCUT2D eigenvalue weighted by atomic mass is 10.0. The molecule has 4 nitrogen and oxygen atoms in total. The van der Waals surface area contributed by atoms with Gasteiger partial charge in [0.25, 0.3) is 5.91 Å². The molecule has 4 heteroatoms. The lowest BCUT2D eigenvalue weighted by Crippen LogP contribution is -2.47. The van der Waals surface area contributed by atoms with Gasteiger partial charge < -0.3 is 14.6 Å². The minimum atomic E-state index is 0.0966. The van der Waals surface area contributed by atoms with Crippen molar-refractivity contribution in [2.45, 2.75) is 32.7 Å². The van der Waals surface area contributed by atoms with E-state index in [9.17, 15) is 4.79 Å². The van der Waals surface area contributed by atoms with Crippen LogP contribution < -0.4 is 5.32 Å². The van der Waals surface area contributed by atoms with Crippen molar-refractivity contribution in [3.63, 3.8) is 0 Å². The molecule has 0 radical (unpaired) electrons. The summed E-state index contributed by atoms with van der Waals surface area (Å²) in [5.74, 6) is 1.62. The summed E-state index contributed by atoms with van der Waals surface area (Å²) >= 11 is 0. The molecule has 2 rings (SSSR count). The molecule has 1 aliphatic heterocycles. The summed E-state index contributed by atoms with van der Waals surface area (Å²) < 4.78 is 5.42. The minimum Gasteiger partial charge on any atom is -0.466 e. The number of furan rings is 1. The van der Waals surface area contributed by atoms with Gasteiger partial charge in [-0.3, -0.25) is 4.79 Å². The van der Waals surface area contributed by atoms with Gasteiger partial charge in [-0.05, 0) is 39.8 Å². The quantitative estimate of drug-likeness (QED) is 0.850. The second-order valence-corrected chi connectivity index (χ2v) is 4.71. The number of likely N-dealkylation sites (N-methyl/N-ethyl adjacent to an activating group) is 1. The number of hydrogen-bond acceptors (Lipinski definition) is 3. The first kappa shape index (κ1) is 12.2. The molecule has 0 saturated carbocycles. The molecule has 1 saturated heterocycles. The largest absolute Gasteiger partial charge is 0.466 e. The molecular weight excluding hydrogens is 216 g/mol. The van der Waals surface area contributed by atoms with E-state index >= 15 is 0 Å². The second kappa shape index (κ2) is 4.92. The Kier molecular flexibility index (Phi) is 3.52. The Morgan fingerprint density at radius 1 is 1.53 bits per heavy atom. The zero-order valence-corrected chi connectivity index (χ0v) is 10.7. The first-order valence-electron chi connectivity index (χ1n) is 6.15. The third kappa shape index (κ3) is 2.52. The molecule has 1 N–H and O–H groups in total. The van der Waals surface area contributed by atoms with Gasteiger partial charge in [0.05, 0.1) is 5.56 Å². The monoisotopic (exact) mass is 236 g/mol. The van der Waals surface area contributed by atoms with Gasteiger partial charge in [-0.25, -0.2) is 0 Å². The Balaban J connectivity index is 2.12. The van der Waals surface area contributed by atoms with Crippen LogP contribution in [-0.4, -0.2) is 37.0 Å². The number of amides is 1. The van der Waals surface area contributed by atoms with E-state index in [2.05, 4.69) is 5.32 Å². The van der Waals surface area contributed by atoms with E-state index < -0.39 is 0 Å². The highest BCUT2D eigenvalue weighted by molar-refractivity contribution is 5.95. The van der Waals surface area contributed by atoms with E-state index in [-0.39, 0.29) is 5.91 Å². The number of hydrogen-bond donors (Lipinski definition) is 1. The van der Waals surface area contributed by atoms with Crippen LogP contribution in [0.2, 0.25) is 0 Å². The zero-order valence-electron chi connectivity index (χ0n) is 10.7. The minimum absolute atomic E-state index is 0.0966. The molecule has 1 unspecified atom stereocenters. The van der Waals surface area contributed by atoms with Crippen molar-refractivity contribution < 1.29 is 9.21 Å². The van der Waals surface area contributed by atoms with E-state index in [0.717, 1.165) is 37.5 Å². The summed E-state index contributed by atoms with van der Waals surface area (Å²) in [6.07, 6.45) is 2.21. The Morgan fingerprint density at radius 2 is 2.29 bits per heavy atom. The van der Waals surface area contributed by atoms with Crippen LogP contribution in [0.15, 0.2) is 10.5 Å². The van der Waals surface area contributed by atoms with E-state index in [4.69, 9.17) is 4.42 Å². The summed E-state index contributed by atoms with van der Waals surface area (Å²) in [6.45, 7) is 5.36. The van der Waals surface area contributed by atoms with Gasteiger partial charge in [-0.1, -0.05) is 0 Å². The van der Waals surface area contributed by atoms with Gasteiger partial charge in [-0.2, -0.15) is 0 Å². The van der Waals surface area contributed by atoms with E-state index in [1.54, 1.807) is 0 Å². The summed E-state index contributed by atoms with van der Waals surface area (Å²) in [6, 6.07) is 2.25. The zero-order chi connectivity index (χ0) is 12.4. The number of aryl methyl sites for hydroxylation is 2. The van der Waals surface area contributed by atoms with Gasteiger partial charge in [0.15, 0.2) is 0 Å². The van der Waals surface area contributed by atoms with Crippen LogP contribution in [-0.2, 0) is 0 Å². The summed E-state index contributed by atoms with van der Waals surface area (Å²) in [4.78, 5) is 14.3. The molecule has 1 atom stereocenters. The maximum Gasteiger partial charge on any atom is 0.257 e. The van der Waals surface area contributed by atoms with Crippen LogP contribution in [0.5, 0.6) is 0 Å². The predicted octanol–water partition coefficient (Wildman–Crippen LogP) is 1.72. The van der Waals surface area contributed by atoms with Crippen molar-refractivity contribution in [1.29, 1.82) is 0 Å². The highest BCUT2D eigenvalue weighted by atomic mass is 16.3. The van der Waals surface area contributed by atoms with E-state index in [0.29, 0.717) is 11.6 Å². The standard InChI is InChI=1S/C13H20N2O2/c1-9-7-12(10(2)17-9)13(16)15-6-4-5-11(8-15)14-3/h7,11,14H,4-6,8H2,1-3H3. The smallest absolute Gasteiger partial charge is 0.257 e. The molecule has 94 valence electrons. The molecule has 0 spiro atoms. The average molecular weight is 236 g/mol. The van der Waals surface area contributed by atoms with Crippen molar-refractivity contribution in [2.24, 2.45) is 0 Å². The van der Waals surface area contributed by atoms with Crippen LogP contribution >= 0.6 is 0 Å². The SMILES string of the molecule is CNC1CCCN(C(=O)c2cc(C)oc2C)C1. The van der Waals surface area contributed by atoms with Gasteiger partial charge in [0.2, 0.25) is 0 Å². The van der Waals surface area contributed by atoms with Crippen LogP contribution in [0.1, 0.15) is 34.7 Å². The van der Waals surface area contributed by atoms with Gasteiger partial charge in [0, 0.05) is 19.1 Å². The van der Waals surface area contributed by atoms with Gasteiger partial charge >= 0.3 is 0 Å². The van der Waals surface area contributed by atoms with Crippen molar-refractivity contribution in [3.05, 3.63) is 23.2 Å². The third-order valence-corrected chi connectivity index (χ3v) is 3.39. The van der Waals surface area contributed by atoms with E-state index in [1.165, 1.54) is 0 Å². The predicted molar refractivity (Wildman–Crippen MR) is 66.2 cm³/mol. The number of nitrogens with zero attached hydrogens (tertiary/aromatic N) is 1. The van der Waals surface area contributed by atoms with Crippen LogP contribution in [0, 0.1) is 13.8 Å². The summed E-state index contributed by atoms with van der Waals surface area (Å²) in [5.41, 5.74) is 0.708. The molecule has 1 amide bonds. The third-order valence-electron chi connectivity index (χ3n) is 3.39. The van der Waals surface area contributed by atoms with Gasteiger partial charge in [-0.15, -0.1) is 0 Å². The van der Waals surface area contributed by atoms with Crippen molar-refractivity contribution >= 4 is 5.91 Å². The average Bonchev–Trinajstić information content (AvgIpc) is 2.67. The number of likely N-dealkylation sites (tertiary alicyclic amines) is 1. The fourth-order valence-corrected chi connectivity index (χ4v) is 2.41. The molecule has 0 aromatic carbocycles. The highest BCUT2D eigenvalue weighted by Crippen LogP contribution is 2.19. The number of carbonyl (C=O) groups is 1. The molecule has 1 aliphatic rings. The second-order valence-electron chi connectivity index (χ2n) is 4.71. The lowest BCUT2D eigenvalue weighted by molar-refractivity contribution is 0.0696. The molecular formula is C13H20N2O2. The van der Waals surface area contributed by atoms with Crippen LogP contribution in [0.25, 0.3) is 0 Å². The van der Waals surface area contributed by atoms with Crippen molar-refractivity contribution in [1.82, 2.24) is 10.2 Å². The molecule has 0 bridgehead atoms. The normalized spacial score (nSPS) is 20.6. The highest BCUT2D eigenvalue weighted by Gasteiger charge is 2.25. The maximum absolute atomic E-state index is 12.3. The Labute approximate surface area is 102 Å². The van der Waals surface area contributed by atoms with Crippen molar-refractivity contribution in [3.8, 4) is 0 Å². The van der Waals surface area contributed by atoms with Crippen LogP contribution in [0.3, 0.4) is 0 Å². The maximum atomic E-state index is 12.3. The first-order chi connectivity index (χ1) is 8.11.